The molecule has 1 aliphatic heterocycles. The van der Waals surface area contributed by atoms with Gasteiger partial charge in [-0.3, -0.25) is 24.6 Å². The summed E-state index contributed by atoms with van der Waals surface area (Å²) in [5, 5.41) is 22.1. The number of nitro benzene ring substituents is 1. The predicted molar refractivity (Wildman–Crippen MR) is 115 cm³/mol. The van der Waals surface area contributed by atoms with Gasteiger partial charge in [-0.2, -0.15) is 0 Å². The number of ether oxygens (including phenoxy) is 1. The van der Waals surface area contributed by atoms with Gasteiger partial charge in [-0.25, -0.2) is 4.98 Å². The van der Waals surface area contributed by atoms with Crippen LogP contribution >= 0.6 is 0 Å². The first-order valence-corrected chi connectivity index (χ1v) is 9.53. The Morgan fingerprint density at radius 3 is 2.47 bits per heavy atom. The second-order valence-corrected chi connectivity index (χ2v) is 6.94. The highest BCUT2D eigenvalue weighted by atomic mass is 16.6. The van der Waals surface area contributed by atoms with Crippen molar-refractivity contribution in [3.63, 3.8) is 0 Å². The summed E-state index contributed by atoms with van der Waals surface area (Å²) in [7, 11) is 1.47. The lowest BCUT2D eigenvalue weighted by atomic mass is 9.95. The topological polar surface area (TPSA) is 123 Å². The molecule has 32 heavy (non-hydrogen) atoms. The molecular weight excluding hydrogens is 414 g/mol. The van der Waals surface area contributed by atoms with Crippen molar-refractivity contribution in [1.29, 1.82) is 0 Å². The van der Waals surface area contributed by atoms with Crippen LogP contribution in [0.1, 0.15) is 17.2 Å². The Balaban J connectivity index is 1.93. The first-order chi connectivity index (χ1) is 15.4. The van der Waals surface area contributed by atoms with E-state index in [9.17, 15) is 24.8 Å². The van der Waals surface area contributed by atoms with Crippen LogP contribution in [0.15, 0.2) is 78.5 Å². The largest absolute Gasteiger partial charge is 0.507 e. The maximum Gasteiger partial charge on any atom is 0.301 e. The lowest BCUT2D eigenvalue weighted by Crippen LogP contribution is -2.30. The van der Waals surface area contributed by atoms with Gasteiger partial charge in [-0.05, 0) is 42.0 Å². The highest BCUT2D eigenvalue weighted by molar-refractivity contribution is 6.51. The van der Waals surface area contributed by atoms with Crippen LogP contribution in [0, 0.1) is 10.1 Å². The van der Waals surface area contributed by atoms with E-state index in [1.54, 1.807) is 36.4 Å². The Bertz CT molecular complexity index is 1240. The molecule has 1 atom stereocenters. The smallest absolute Gasteiger partial charge is 0.301 e. The van der Waals surface area contributed by atoms with Gasteiger partial charge in [0.2, 0.25) is 0 Å². The molecule has 2 aromatic carbocycles. The number of ketones is 1. The molecule has 0 spiro atoms. The van der Waals surface area contributed by atoms with E-state index >= 15 is 0 Å². The molecule has 0 saturated carbocycles. The fourth-order valence-corrected chi connectivity index (χ4v) is 3.58. The van der Waals surface area contributed by atoms with Crippen LogP contribution in [-0.2, 0) is 9.59 Å². The number of aromatic nitrogens is 1. The zero-order chi connectivity index (χ0) is 22.8. The molecule has 9 heteroatoms. The fraction of sp³-hybridized carbons (Fsp3) is 0.0870. The van der Waals surface area contributed by atoms with E-state index in [0.717, 1.165) is 0 Å². The quantitative estimate of drug-likeness (QED) is 0.215. The molecule has 0 aliphatic carbocycles. The number of rotatable bonds is 5. The van der Waals surface area contributed by atoms with Crippen molar-refractivity contribution < 1.29 is 24.4 Å². The number of nitrogens with zero attached hydrogens (tertiary/aromatic N) is 3. The van der Waals surface area contributed by atoms with E-state index in [0.29, 0.717) is 11.3 Å². The Kier molecular flexibility index (Phi) is 5.38. The average Bonchev–Trinajstić information content (AvgIpc) is 3.09. The fourth-order valence-electron chi connectivity index (χ4n) is 3.58. The molecule has 2 heterocycles. The van der Waals surface area contributed by atoms with Crippen molar-refractivity contribution in [3.05, 3.63) is 99.7 Å². The molecule has 1 amide bonds. The summed E-state index contributed by atoms with van der Waals surface area (Å²) in [4.78, 5) is 41.9. The number of hydrogen-bond acceptors (Lipinski definition) is 7. The Hall–Kier alpha value is -4.53. The number of carbonyl (C=O) groups excluding carboxylic acids is 2. The molecule has 1 unspecified atom stereocenters. The summed E-state index contributed by atoms with van der Waals surface area (Å²) in [6.07, 6.45) is 1.48. The molecule has 1 aliphatic rings. The maximum absolute atomic E-state index is 13.0. The van der Waals surface area contributed by atoms with Crippen LogP contribution in [0.5, 0.6) is 5.75 Å². The predicted octanol–water partition coefficient (Wildman–Crippen LogP) is 3.62. The first-order valence-electron chi connectivity index (χ1n) is 9.53. The van der Waals surface area contributed by atoms with Crippen LogP contribution in [0.4, 0.5) is 11.5 Å². The Morgan fingerprint density at radius 2 is 1.84 bits per heavy atom. The molecule has 3 aromatic rings. The highest BCUT2D eigenvalue weighted by Crippen LogP contribution is 2.42. The lowest BCUT2D eigenvalue weighted by Gasteiger charge is -2.24. The normalized spacial score (nSPS) is 17.4. The number of methoxy groups -OCH3 is 1. The average molecular weight is 431 g/mol. The van der Waals surface area contributed by atoms with Gasteiger partial charge < -0.3 is 9.84 Å². The van der Waals surface area contributed by atoms with Crippen molar-refractivity contribution in [3.8, 4) is 5.75 Å². The minimum Gasteiger partial charge on any atom is -0.507 e. The summed E-state index contributed by atoms with van der Waals surface area (Å²) < 4.78 is 5.18. The molecule has 1 N–H and O–H groups in total. The zero-order valence-corrected chi connectivity index (χ0v) is 16.8. The van der Waals surface area contributed by atoms with Crippen LogP contribution in [0.2, 0.25) is 0 Å². The highest BCUT2D eigenvalue weighted by Gasteiger charge is 2.47. The number of hydrogen-bond donors (Lipinski definition) is 1. The van der Waals surface area contributed by atoms with Crippen molar-refractivity contribution in [2.75, 3.05) is 12.0 Å². The number of aliphatic hydroxyl groups excluding tert-OH is 1. The van der Waals surface area contributed by atoms with Crippen LogP contribution in [0.25, 0.3) is 5.76 Å². The van der Waals surface area contributed by atoms with E-state index < -0.39 is 22.7 Å². The second-order valence-electron chi connectivity index (χ2n) is 6.94. The number of Topliss-reactive ketones (excluding diaryl/α,β-unsaturated/α-hetero) is 1. The van der Waals surface area contributed by atoms with E-state index in [1.807, 2.05) is 0 Å². The molecule has 4 rings (SSSR count). The van der Waals surface area contributed by atoms with E-state index in [2.05, 4.69) is 4.98 Å². The van der Waals surface area contributed by atoms with Gasteiger partial charge in [0.15, 0.2) is 0 Å². The van der Waals surface area contributed by atoms with Crippen molar-refractivity contribution in [2.45, 2.75) is 6.04 Å². The summed E-state index contributed by atoms with van der Waals surface area (Å²) in [5.74, 6) is -1.47. The van der Waals surface area contributed by atoms with Gasteiger partial charge in [0.1, 0.15) is 17.3 Å². The molecule has 1 aromatic heterocycles. The van der Waals surface area contributed by atoms with Gasteiger partial charge in [0, 0.05) is 23.9 Å². The molecule has 1 fully saturated rings. The van der Waals surface area contributed by atoms with Gasteiger partial charge >= 0.3 is 5.91 Å². The van der Waals surface area contributed by atoms with Crippen molar-refractivity contribution in [2.24, 2.45) is 0 Å². The number of pyridine rings is 1. The number of nitro groups is 1. The maximum atomic E-state index is 13.0. The molecule has 0 radical (unpaired) electrons. The van der Waals surface area contributed by atoms with Gasteiger partial charge in [-0.1, -0.05) is 18.2 Å². The summed E-state index contributed by atoms with van der Waals surface area (Å²) in [6, 6.07) is 15.8. The van der Waals surface area contributed by atoms with Gasteiger partial charge in [0.25, 0.3) is 11.5 Å². The molecule has 160 valence electrons. The van der Waals surface area contributed by atoms with Gasteiger partial charge in [0.05, 0.1) is 23.6 Å². The van der Waals surface area contributed by atoms with Crippen molar-refractivity contribution >= 4 is 29.0 Å². The van der Waals surface area contributed by atoms with Crippen LogP contribution in [0.3, 0.4) is 0 Å². The van der Waals surface area contributed by atoms with Gasteiger partial charge in [-0.15, -0.1) is 0 Å². The van der Waals surface area contributed by atoms with Crippen LogP contribution in [-0.4, -0.2) is 33.8 Å². The summed E-state index contributed by atoms with van der Waals surface area (Å²) in [5.41, 5.74) is 0.402. The van der Waals surface area contributed by atoms with E-state index in [1.165, 1.54) is 48.5 Å². The summed E-state index contributed by atoms with van der Waals surface area (Å²) >= 11 is 0. The number of benzene rings is 2. The summed E-state index contributed by atoms with van der Waals surface area (Å²) in [6.45, 7) is 0. The number of carbonyl (C=O) groups is 2. The second kappa shape index (κ2) is 8.31. The van der Waals surface area contributed by atoms with E-state index in [-0.39, 0.29) is 28.4 Å². The molecular formula is C23H17N3O6. The minimum absolute atomic E-state index is 0.142. The third kappa shape index (κ3) is 3.56. The zero-order valence-electron chi connectivity index (χ0n) is 16.8. The molecule has 9 nitrogen and oxygen atoms in total. The SMILES string of the molecule is COc1cccc(/C(O)=C2\C(=O)C(=O)N(c3ccccn3)C2c2ccc([N+](=O)[O-])cc2)c1. The molecule has 0 bridgehead atoms. The van der Waals surface area contributed by atoms with E-state index in [4.69, 9.17) is 4.74 Å². The third-order valence-corrected chi connectivity index (χ3v) is 5.10. The first kappa shape index (κ1) is 20.7. The Labute approximate surface area is 182 Å². The molecule has 1 saturated heterocycles. The van der Waals surface area contributed by atoms with Crippen molar-refractivity contribution in [1.82, 2.24) is 4.98 Å². The number of amides is 1. The third-order valence-electron chi connectivity index (χ3n) is 5.10. The van der Waals surface area contributed by atoms with Crippen LogP contribution < -0.4 is 9.64 Å². The lowest BCUT2D eigenvalue weighted by molar-refractivity contribution is -0.384. The minimum atomic E-state index is -1.03. The standard InChI is InChI=1S/C23H17N3O6/c1-32-17-6-4-5-15(13-17)21(27)19-20(14-8-10-16(11-9-14)26(30)31)25(23(29)22(19)28)18-7-2-3-12-24-18/h2-13,20,27H,1H3/b21-19+. The number of non-ortho nitro benzene ring substituents is 1. The number of anilines is 1. The Morgan fingerprint density at radius 1 is 1.09 bits per heavy atom. The monoisotopic (exact) mass is 431 g/mol. The number of aliphatic hydroxyl groups is 1.